The van der Waals surface area contributed by atoms with Crippen LogP contribution < -0.4 is 9.47 Å². The number of methoxy groups -OCH3 is 2. The maximum atomic E-state index is 13.8. The van der Waals surface area contributed by atoms with Crippen molar-refractivity contribution in [2.45, 2.75) is 18.5 Å². The van der Waals surface area contributed by atoms with Gasteiger partial charge in [-0.2, -0.15) is 10.5 Å². The Morgan fingerprint density at radius 1 is 0.605 bits per heavy atom. The molecule has 0 bridgehead atoms. The first-order chi connectivity index (χ1) is 21.0. The fourth-order valence-corrected chi connectivity index (χ4v) is 4.83. The summed E-state index contributed by atoms with van der Waals surface area (Å²) >= 11 is 0. The van der Waals surface area contributed by atoms with Crippen molar-refractivity contribution >= 4 is 11.8 Å². The Bertz CT molecular complexity index is 1460. The largest absolute Gasteiger partial charge is 0.497 e. The molecule has 0 saturated carbocycles. The van der Waals surface area contributed by atoms with Gasteiger partial charge in [-0.25, -0.2) is 0 Å². The molecule has 0 saturated heterocycles. The van der Waals surface area contributed by atoms with E-state index in [-0.39, 0.29) is 24.9 Å². The minimum absolute atomic E-state index is 0.164. The van der Waals surface area contributed by atoms with E-state index in [2.05, 4.69) is 12.1 Å². The van der Waals surface area contributed by atoms with Crippen LogP contribution in [0.1, 0.15) is 50.3 Å². The highest BCUT2D eigenvalue weighted by Gasteiger charge is 2.29. The number of carbonyl (C=O) groups is 2. The summed E-state index contributed by atoms with van der Waals surface area (Å²) in [7, 11) is 3.10. The second kappa shape index (κ2) is 14.9. The number of hydrogen-bond acceptors (Lipinski definition) is 6. The van der Waals surface area contributed by atoms with Gasteiger partial charge in [-0.05, 0) is 66.1 Å². The van der Waals surface area contributed by atoms with Crippen LogP contribution in [0.5, 0.6) is 11.5 Å². The molecule has 4 aromatic carbocycles. The van der Waals surface area contributed by atoms with Crippen LogP contribution in [0, 0.1) is 22.7 Å². The zero-order chi connectivity index (χ0) is 30.6. The van der Waals surface area contributed by atoms with Gasteiger partial charge in [0.25, 0.3) is 11.8 Å². The second-order valence-electron chi connectivity index (χ2n) is 9.69. The van der Waals surface area contributed by atoms with Crippen molar-refractivity contribution in [2.75, 3.05) is 27.3 Å². The fraction of sp³-hybridized carbons (Fsp3) is 0.200. The summed E-state index contributed by atoms with van der Waals surface area (Å²) in [5.74, 6) is 0.565. The molecular weight excluding hydrogens is 540 g/mol. The SMILES string of the molecule is COc1ccc(C(=O)N(CCCN(C(=O)c2ccc(OC)cc2)C(C#N)c2ccccc2)C(C#N)c2ccccc2)cc1. The van der Waals surface area contributed by atoms with E-state index in [1.165, 1.54) is 9.80 Å². The number of nitriles is 2. The first-order valence-electron chi connectivity index (χ1n) is 13.8. The van der Waals surface area contributed by atoms with E-state index in [1.807, 2.05) is 60.7 Å². The Kier molecular flexibility index (Phi) is 10.5. The first-order valence-corrected chi connectivity index (χ1v) is 13.8. The smallest absolute Gasteiger partial charge is 0.255 e. The monoisotopic (exact) mass is 572 g/mol. The van der Waals surface area contributed by atoms with Crippen molar-refractivity contribution in [3.63, 3.8) is 0 Å². The van der Waals surface area contributed by atoms with Gasteiger partial charge in [0.1, 0.15) is 23.6 Å². The van der Waals surface area contributed by atoms with Crippen LogP contribution in [0.2, 0.25) is 0 Å². The van der Waals surface area contributed by atoms with Crippen molar-refractivity contribution in [2.24, 2.45) is 0 Å². The van der Waals surface area contributed by atoms with Gasteiger partial charge in [0, 0.05) is 24.2 Å². The predicted molar refractivity (Wildman–Crippen MR) is 162 cm³/mol. The molecule has 0 N–H and O–H groups in total. The molecule has 0 radical (unpaired) electrons. The molecule has 4 aromatic rings. The summed E-state index contributed by atoms with van der Waals surface area (Å²) in [6.45, 7) is 0.328. The number of hydrogen-bond donors (Lipinski definition) is 0. The maximum Gasteiger partial charge on any atom is 0.255 e. The molecule has 0 spiro atoms. The average molecular weight is 573 g/mol. The van der Waals surface area contributed by atoms with E-state index in [4.69, 9.17) is 9.47 Å². The number of rotatable bonds is 12. The minimum Gasteiger partial charge on any atom is -0.497 e. The number of amides is 2. The lowest BCUT2D eigenvalue weighted by Crippen LogP contribution is -2.39. The summed E-state index contributed by atoms with van der Waals surface area (Å²) < 4.78 is 10.5. The lowest BCUT2D eigenvalue weighted by atomic mass is 10.0. The molecule has 0 fully saturated rings. The van der Waals surface area contributed by atoms with Crippen molar-refractivity contribution in [3.8, 4) is 23.6 Å². The summed E-state index contributed by atoms with van der Waals surface area (Å²) in [4.78, 5) is 30.6. The summed E-state index contributed by atoms with van der Waals surface area (Å²) in [5, 5.41) is 20.4. The highest BCUT2D eigenvalue weighted by molar-refractivity contribution is 5.95. The van der Waals surface area contributed by atoms with Crippen LogP contribution in [-0.4, -0.2) is 48.9 Å². The summed E-state index contributed by atoms with van der Waals surface area (Å²) in [6, 6.07) is 34.5. The second-order valence-corrected chi connectivity index (χ2v) is 9.69. The molecule has 2 amide bonds. The molecular formula is C35H32N4O4. The molecule has 2 atom stereocenters. The molecule has 43 heavy (non-hydrogen) atoms. The minimum atomic E-state index is -0.859. The van der Waals surface area contributed by atoms with Gasteiger partial charge >= 0.3 is 0 Å². The first kappa shape index (κ1) is 30.4. The van der Waals surface area contributed by atoms with Crippen LogP contribution in [0.25, 0.3) is 0 Å². The van der Waals surface area contributed by atoms with Crippen molar-refractivity contribution in [1.29, 1.82) is 10.5 Å². The molecule has 4 rings (SSSR count). The molecule has 8 heteroatoms. The molecule has 2 unspecified atom stereocenters. The van der Waals surface area contributed by atoms with Gasteiger partial charge < -0.3 is 19.3 Å². The van der Waals surface area contributed by atoms with Crippen LogP contribution in [0.15, 0.2) is 109 Å². The van der Waals surface area contributed by atoms with Crippen LogP contribution >= 0.6 is 0 Å². The Morgan fingerprint density at radius 3 is 1.26 bits per heavy atom. The lowest BCUT2D eigenvalue weighted by Gasteiger charge is -2.31. The highest BCUT2D eigenvalue weighted by Crippen LogP contribution is 2.26. The number of benzene rings is 4. The predicted octanol–water partition coefficient (Wildman–Crippen LogP) is 6.21. The lowest BCUT2D eigenvalue weighted by molar-refractivity contribution is 0.0668. The van der Waals surface area contributed by atoms with Crippen molar-refractivity contribution < 1.29 is 19.1 Å². The number of ether oxygens (including phenoxy) is 2. The van der Waals surface area contributed by atoms with Gasteiger partial charge in [0.05, 0.1) is 26.4 Å². The molecule has 0 aliphatic heterocycles. The standard InChI is InChI=1S/C35H32N4O4/c1-42-30-18-14-28(15-19-30)34(40)38(32(24-36)26-10-5-3-6-11-26)22-9-23-39(33(25-37)27-12-7-4-8-13-27)35(41)29-16-20-31(43-2)21-17-29/h3-8,10-21,32-33H,9,22-23H2,1-2H3. The third-order valence-corrected chi connectivity index (χ3v) is 7.09. The Morgan fingerprint density at radius 2 is 0.953 bits per heavy atom. The van der Waals surface area contributed by atoms with E-state index in [9.17, 15) is 20.1 Å². The van der Waals surface area contributed by atoms with Gasteiger partial charge in [0.2, 0.25) is 0 Å². The quantitative estimate of drug-likeness (QED) is 0.200. The van der Waals surface area contributed by atoms with E-state index in [0.29, 0.717) is 40.2 Å². The Balaban J connectivity index is 1.64. The Hall–Kier alpha value is -5.60. The normalized spacial score (nSPS) is 11.7. The van der Waals surface area contributed by atoms with Gasteiger partial charge in [-0.15, -0.1) is 0 Å². The number of carbonyl (C=O) groups excluding carboxylic acids is 2. The van der Waals surface area contributed by atoms with Crippen molar-refractivity contribution in [3.05, 3.63) is 131 Å². The maximum absolute atomic E-state index is 13.8. The zero-order valence-corrected chi connectivity index (χ0v) is 24.1. The zero-order valence-electron chi connectivity index (χ0n) is 24.1. The van der Waals surface area contributed by atoms with E-state index in [1.54, 1.807) is 62.8 Å². The third kappa shape index (κ3) is 7.38. The van der Waals surface area contributed by atoms with Gasteiger partial charge in [-0.3, -0.25) is 9.59 Å². The van der Waals surface area contributed by atoms with E-state index in [0.717, 1.165) is 0 Å². The summed E-state index contributed by atoms with van der Waals surface area (Å²) in [5.41, 5.74) is 2.17. The molecule has 0 aliphatic rings. The molecule has 0 heterocycles. The van der Waals surface area contributed by atoms with Crippen LogP contribution in [-0.2, 0) is 0 Å². The van der Waals surface area contributed by atoms with Crippen molar-refractivity contribution in [1.82, 2.24) is 9.80 Å². The van der Waals surface area contributed by atoms with Gasteiger partial charge in [0.15, 0.2) is 0 Å². The third-order valence-electron chi connectivity index (χ3n) is 7.09. The fourth-order valence-electron chi connectivity index (χ4n) is 4.83. The number of nitrogens with zero attached hydrogens (tertiary/aromatic N) is 4. The highest BCUT2D eigenvalue weighted by atomic mass is 16.5. The average Bonchev–Trinajstić information content (AvgIpc) is 3.07. The van der Waals surface area contributed by atoms with Crippen LogP contribution in [0.4, 0.5) is 0 Å². The van der Waals surface area contributed by atoms with E-state index < -0.39 is 12.1 Å². The molecule has 216 valence electrons. The Labute approximate surface area is 251 Å². The molecule has 0 aromatic heterocycles. The molecule has 8 nitrogen and oxygen atoms in total. The van der Waals surface area contributed by atoms with E-state index >= 15 is 0 Å². The van der Waals surface area contributed by atoms with Gasteiger partial charge in [-0.1, -0.05) is 60.7 Å². The molecule has 0 aliphatic carbocycles. The topological polar surface area (TPSA) is 107 Å². The van der Waals surface area contributed by atoms with Crippen LogP contribution in [0.3, 0.4) is 0 Å². The summed E-state index contributed by atoms with van der Waals surface area (Å²) in [6.07, 6.45) is 0.319.